The van der Waals surface area contributed by atoms with E-state index in [9.17, 15) is 78.0 Å². The van der Waals surface area contributed by atoms with Crippen LogP contribution in [0.2, 0.25) is 0 Å². The summed E-state index contributed by atoms with van der Waals surface area (Å²) in [7, 11) is 6.02. The molecule has 12 N–H and O–H groups in total. The third-order valence-electron chi connectivity index (χ3n) is 20.3. The van der Waals surface area contributed by atoms with Crippen molar-refractivity contribution >= 4 is 76.7 Å². The molecule has 0 saturated carbocycles. The van der Waals surface area contributed by atoms with Gasteiger partial charge >= 0.3 is 18.1 Å². The quantitative estimate of drug-likeness (QED) is 0.0335. The highest BCUT2D eigenvalue weighted by molar-refractivity contribution is 6.12. The molecule has 0 bridgehead atoms. The molecule has 32 nitrogen and oxygen atoms in total. The molecular weight excluding hydrogens is 1400 g/mol. The largest absolute Gasteiger partial charge is 0.479 e. The van der Waals surface area contributed by atoms with Crippen molar-refractivity contribution in [3.8, 4) is 0 Å². The van der Waals surface area contributed by atoms with Crippen LogP contribution in [-0.2, 0) is 78.2 Å². The predicted molar refractivity (Wildman–Crippen MR) is 396 cm³/mol. The summed E-state index contributed by atoms with van der Waals surface area (Å²) in [6, 6.07) is 8.48. The first-order chi connectivity index (χ1) is 51.1. The number of anilines is 1. The first-order valence-corrected chi connectivity index (χ1v) is 37.3. The lowest BCUT2D eigenvalue weighted by Crippen LogP contribution is -2.61. The summed E-state index contributed by atoms with van der Waals surface area (Å²) in [5.41, 5.74) is 6.67. The van der Waals surface area contributed by atoms with E-state index in [2.05, 4.69) is 31.9 Å². The third kappa shape index (κ3) is 25.6. The van der Waals surface area contributed by atoms with Crippen molar-refractivity contribution in [1.29, 1.82) is 0 Å². The molecule has 32 heteroatoms. The number of likely N-dealkylation sites (tertiary alicyclic amines) is 1. The Morgan fingerprint density at radius 2 is 1.36 bits per heavy atom. The molecular formula is C76H117N11O21. The molecule has 2 fully saturated rings. The van der Waals surface area contributed by atoms with Crippen LogP contribution in [0.4, 0.5) is 15.3 Å². The van der Waals surface area contributed by atoms with Gasteiger partial charge in [-0.15, -0.1) is 0 Å². The Labute approximate surface area is 632 Å². The van der Waals surface area contributed by atoms with E-state index in [-0.39, 0.29) is 105 Å². The summed E-state index contributed by atoms with van der Waals surface area (Å²) >= 11 is 0. The fourth-order valence-corrected chi connectivity index (χ4v) is 14.1. The van der Waals surface area contributed by atoms with Gasteiger partial charge in [0.25, 0.3) is 11.8 Å². The van der Waals surface area contributed by atoms with E-state index in [0.717, 1.165) is 4.90 Å². The minimum absolute atomic E-state index is 0.118. The number of aliphatic hydroxyl groups is 3. The molecule has 0 aromatic heterocycles. The number of aliphatic carboxylic acids is 1. The van der Waals surface area contributed by atoms with E-state index in [0.29, 0.717) is 68.3 Å². The van der Waals surface area contributed by atoms with Crippen LogP contribution in [0.1, 0.15) is 151 Å². The van der Waals surface area contributed by atoms with Gasteiger partial charge in [-0.05, 0) is 92.4 Å². The molecule has 602 valence electrons. The van der Waals surface area contributed by atoms with Crippen LogP contribution in [0.5, 0.6) is 0 Å². The molecule has 5 rings (SSSR count). The van der Waals surface area contributed by atoms with Crippen LogP contribution >= 0.6 is 0 Å². The number of carbonyl (C=O) groups excluding carboxylic acids is 11. The highest BCUT2D eigenvalue weighted by Crippen LogP contribution is 2.33. The number of nitrogens with two attached hydrogens (primary N) is 1. The number of nitrogens with zero attached hydrogens (tertiary/aromatic N) is 4. The number of carbonyl (C=O) groups is 12. The number of aliphatic hydroxyl groups excluding tert-OH is 3. The van der Waals surface area contributed by atoms with Gasteiger partial charge in [-0.25, -0.2) is 14.4 Å². The number of carboxylic acids is 1. The van der Waals surface area contributed by atoms with Crippen LogP contribution < -0.4 is 37.6 Å². The molecule has 0 radical (unpaired) electrons. The maximum absolute atomic E-state index is 14.9. The number of nitrogens with one attached hydrogen (secondary N) is 6. The van der Waals surface area contributed by atoms with Gasteiger partial charge in [-0.3, -0.25) is 58.7 Å². The zero-order valence-corrected chi connectivity index (χ0v) is 64.8. The standard InChI is InChI=1S/C76H117N11O21/c1-15-45(8)63(55(104-13)38-59(93)86-37-23-27-52(86)67(105-14)46(9)70(97)81-47(10)68(49-24-18-16-19-25-49)107-74-66(96)64(94)65(95)69(108-74)73(100)101)84(11)72(99)61(43(4)5)80-40-54(89)62(44(6)7)85(12)76(103)106-41-48-29-31-50(32-30-48)82-71(98)51(26-22-35-78-75(77)102)79-39-53(88)60(42(2)3)83-56(90)28-20-17-21-36-87-57(91)33-34-58(87)92/h16,18-19,24-25,29-34,42-47,51-52,55,60-69,74,79-80,94-96H,15,17,20-23,26-28,35-41H2,1-14H3,(H,81,97)(H,82,98)(H,83,90)(H,100,101)(H3,77,78,102)/t45?,46?,47?,51?,52?,55?,60?,61?,62?,63?,64?,65?,66-,67?,68?,69-,74?/m0/s1. The Morgan fingerprint density at radius 1 is 0.722 bits per heavy atom. The number of ketones is 2. The zero-order chi connectivity index (χ0) is 80.4. The van der Waals surface area contributed by atoms with Crippen LogP contribution in [-0.4, -0.2) is 257 Å². The normalized spacial score (nSPS) is 21.0. The van der Waals surface area contributed by atoms with E-state index in [4.69, 9.17) is 29.4 Å². The van der Waals surface area contributed by atoms with Gasteiger partial charge in [-0.1, -0.05) is 118 Å². The molecule has 3 aliphatic heterocycles. The minimum Gasteiger partial charge on any atom is -0.479 e. The smallest absolute Gasteiger partial charge is 0.410 e. The van der Waals surface area contributed by atoms with Crippen molar-refractivity contribution in [3.63, 3.8) is 0 Å². The van der Waals surface area contributed by atoms with Gasteiger partial charge in [0.15, 0.2) is 24.0 Å². The second-order valence-corrected chi connectivity index (χ2v) is 29.3. The molecule has 2 saturated heterocycles. The van der Waals surface area contributed by atoms with Crippen molar-refractivity contribution in [2.24, 2.45) is 35.3 Å². The van der Waals surface area contributed by atoms with Crippen LogP contribution in [0, 0.1) is 29.6 Å². The number of likely N-dealkylation sites (N-methyl/N-ethyl adjacent to an activating group) is 2. The van der Waals surface area contributed by atoms with Crippen molar-refractivity contribution < 1.29 is 102 Å². The maximum atomic E-state index is 14.9. The average molecular weight is 1520 g/mol. The molecule has 15 unspecified atom stereocenters. The van der Waals surface area contributed by atoms with E-state index < -0.39 is 139 Å². The van der Waals surface area contributed by atoms with Gasteiger partial charge < -0.3 is 85.8 Å². The van der Waals surface area contributed by atoms with Gasteiger partial charge in [0.1, 0.15) is 31.0 Å². The lowest BCUT2D eigenvalue weighted by Gasteiger charge is -2.41. The average Bonchev–Trinajstić information content (AvgIpc) is 1.05. The third-order valence-corrected chi connectivity index (χ3v) is 20.3. The number of hydrogen-bond acceptors (Lipinski definition) is 22. The van der Waals surface area contributed by atoms with E-state index in [1.54, 1.807) is 113 Å². The van der Waals surface area contributed by atoms with Crippen molar-refractivity contribution in [2.45, 2.75) is 231 Å². The molecule has 3 heterocycles. The van der Waals surface area contributed by atoms with Crippen LogP contribution in [0.3, 0.4) is 0 Å². The molecule has 0 spiro atoms. The maximum Gasteiger partial charge on any atom is 0.410 e. The number of hydrogen-bond donors (Lipinski definition) is 11. The SMILES string of the molecule is CCC(C)C(C(CC(=O)N1CCCC1C(OC)C(C)C(=O)NC(C)C(OC1O[C@H](C(=O)O)C(O)C(O)[C@@H]1O)c1ccccc1)OC)N(C)C(=O)C(NCC(=O)C(C(C)C)N(C)C(=O)OCc1ccc(NC(=O)C(CCCNC(N)=O)NCC(=O)C(NC(=O)CCCCCN2C(=O)C=CC2=O)C(C)C)cc1)C(C)C. The number of primary amides is 1. The number of Topliss-reactive ketones (excluding diaryl/α,β-unsaturated/α-hetero) is 2. The first kappa shape index (κ1) is 90.3. The number of imide groups is 1. The number of urea groups is 1. The monoisotopic (exact) mass is 1520 g/mol. The minimum atomic E-state index is -1.95. The van der Waals surface area contributed by atoms with Crippen LogP contribution in [0.15, 0.2) is 66.7 Å². The number of amides is 10. The fraction of sp³-hybridized carbons (Fsp3) is 0.658. The van der Waals surface area contributed by atoms with Crippen LogP contribution in [0.25, 0.3) is 0 Å². The molecule has 0 aliphatic carbocycles. The predicted octanol–water partition coefficient (Wildman–Crippen LogP) is 3.08. The summed E-state index contributed by atoms with van der Waals surface area (Å²) < 4.78 is 29.4. The highest BCUT2D eigenvalue weighted by Gasteiger charge is 2.50. The number of benzene rings is 2. The van der Waals surface area contributed by atoms with Crippen molar-refractivity contribution in [2.75, 3.05) is 66.4 Å². The van der Waals surface area contributed by atoms with Crippen molar-refractivity contribution in [1.82, 2.24) is 46.2 Å². The molecule has 3 aliphatic rings. The number of ether oxygens (including phenoxy) is 5. The number of rotatable bonds is 45. The Hall–Kier alpha value is -8.34. The van der Waals surface area contributed by atoms with Gasteiger partial charge in [0, 0.05) is 72.2 Å². The topological polar surface area (TPSA) is 443 Å². The summed E-state index contributed by atoms with van der Waals surface area (Å²) in [5, 5.41) is 58.7. The molecule has 2 aromatic rings. The fourth-order valence-electron chi connectivity index (χ4n) is 14.1. The zero-order valence-electron chi connectivity index (χ0n) is 64.8. The molecule has 17 atom stereocenters. The Morgan fingerprint density at radius 3 is 1.94 bits per heavy atom. The number of unbranched alkanes of at least 4 members (excludes halogenated alkanes) is 2. The molecule has 108 heavy (non-hydrogen) atoms. The molecule has 2 aromatic carbocycles. The molecule has 10 amide bonds. The number of methoxy groups -OCH3 is 2. The second kappa shape index (κ2) is 43.7. The Bertz CT molecular complexity index is 3350. The Kier molecular flexibility index (Phi) is 36.6. The summed E-state index contributed by atoms with van der Waals surface area (Å²) in [5.74, 6) is -7.19. The first-order valence-electron chi connectivity index (χ1n) is 37.3. The summed E-state index contributed by atoms with van der Waals surface area (Å²) in [6.45, 7) is 18.0. The van der Waals surface area contributed by atoms with E-state index in [1.165, 1.54) is 38.3 Å². The second-order valence-electron chi connectivity index (χ2n) is 29.3. The van der Waals surface area contributed by atoms with Gasteiger partial charge in [-0.2, -0.15) is 0 Å². The number of carboxylic acid groups (broad SMARTS) is 1. The Balaban J connectivity index is 1.16. The lowest BCUT2D eigenvalue weighted by molar-refractivity contribution is -0.307. The lowest BCUT2D eigenvalue weighted by atomic mass is 9.89. The van der Waals surface area contributed by atoms with Gasteiger partial charge in [0.05, 0.1) is 79.9 Å². The van der Waals surface area contributed by atoms with Gasteiger partial charge in [0.2, 0.25) is 29.5 Å². The van der Waals surface area contributed by atoms with E-state index in [1.807, 2.05) is 27.7 Å². The summed E-state index contributed by atoms with van der Waals surface area (Å²) in [6.07, 6.45) is -6.77. The summed E-state index contributed by atoms with van der Waals surface area (Å²) in [4.78, 5) is 165. The highest BCUT2D eigenvalue weighted by atomic mass is 16.7. The van der Waals surface area contributed by atoms with E-state index >= 15 is 0 Å². The van der Waals surface area contributed by atoms with Crippen molar-refractivity contribution in [3.05, 3.63) is 77.9 Å².